The Bertz CT molecular complexity index is 1100. The summed E-state index contributed by atoms with van der Waals surface area (Å²) in [5.74, 6) is -1.57. The van der Waals surface area contributed by atoms with Crippen molar-refractivity contribution < 1.29 is 33.8 Å². The molecule has 3 atom stereocenters. The molecule has 0 spiro atoms. The van der Waals surface area contributed by atoms with E-state index in [1.807, 2.05) is 12.1 Å². The van der Waals surface area contributed by atoms with Crippen LogP contribution in [0.1, 0.15) is 39.7 Å². The fourth-order valence-corrected chi connectivity index (χ4v) is 4.11. The first kappa shape index (κ1) is 25.2. The first-order valence-corrected chi connectivity index (χ1v) is 11.1. The quantitative estimate of drug-likeness (QED) is 0.632. The maximum absolute atomic E-state index is 13.0. The van der Waals surface area contributed by atoms with E-state index in [-0.39, 0.29) is 25.3 Å². The topological polar surface area (TPSA) is 127 Å². The third-order valence-electron chi connectivity index (χ3n) is 5.60. The number of hydrogen-bond donors (Lipinski definition) is 2. The first-order chi connectivity index (χ1) is 15.9. The van der Waals surface area contributed by atoms with Crippen LogP contribution in [-0.4, -0.2) is 75.9 Å². The van der Waals surface area contributed by atoms with Crippen LogP contribution in [0.3, 0.4) is 0 Å². The molecule has 2 heterocycles. The number of esters is 1. The minimum Gasteiger partial charge on any atom is -0.467 e. The molecule has 0 saturated carbocycles. The zero-order chi connectivity index (χ0) is 25.2. The molecule has 1 aromatic carbocycles. The maximum atomic E-state index is 13.0. The third-order valence-corrected chi connectivity index (χ3v) is 5.60. The van der Waals surface area contributed by atoms with Gasteiger partial charge in [-0.15, -0.1) is 0 Å². The zero-order valence-electron chi connectivity index (χ0n) is 20.0. The highest BCUT2D eigenvalue weighted by Gasteiger charge is 2.39. The summed E-state index contributed by atoms with van der Waals surface area (Å²) in [5.41, 5.74) is 0.537. The standard InChI is InChI=1S/C24H31N3O7/c1-14(28)26-13-16(29)11-20(26)21(30)25-18(22(31)33-5)10-15-12-27(23(32)34-24(2,3)4)19-9-7-6-8-17(15)19/h6-9,12,16,18,20,29H,10-11,13H2,1-5H3,(H,25,30)/t16-,18-,20+/m1/s1. The molecule has 0 aliphatic carbocycles. The molecule has 34 heavy (non-hydrogen) atoms. The van der Waals surface area contributed by atoms with E-state index in [1.54, 1.807) is 39.1 Å². The number of fused-ring (bicyclic) bond motifs is 1. The zero-order valence-corrected chi connectivity index (χ0v) is 20.0. The van der Waals surface area contributed by atoms with Gasteiger partial charge in [0.25, 0.3) is 0 Å². The van der Waals surface area contributed by atoms with E-state index >= 15 is 0 Å². The second-order valence-corrected chi connectivity index (χ2v) is 9.39. The van der Waals surface area contributed by atoms with Crippen LogP contribution >= 0.6 is 0 Å². The molecular weight excluding hydrogens is 442 g/mol. The lowest BCUT2D eigenvalue weighted by Gasteiger charge is -2.24. The lowest BCUT2D eigenvalue weighted by atomic mass is 10.0. The molecule has 2 amide bonds. The minimum atomic E-state index is -1.07. The van der Waals surface area contributed by atoms with E-state index in [2.05, 4.69) is 5.32 Å². The number of aromatic nitrogens is 1. The van der Waals surface area contributed by atoms with Gasteiger partial charge in [-0.1, -0.05) is 18.2 Å². The largest absolute Gasteiger partial charge is 0.467 e. The summed E-state index contributed by atoms with van der Waals surface area (Å²) in [7, 11) is 1.21. The fourth-order valence-electron chi connectivity index (χ4n) is 4.11. The maximum Gasteiger partial charge on any atom is 0.419 e. The molecule has 1 fully saturated rings. The second kappa shape index (κ2) is 9.84. The molecular formula is C24H31N3O7. The number of nitrogens with one attached hydrogen (secondary N) is 1. The lowest BCUT2D eigenvalue weighted by molar-refractivity contribution is -0.146. The number of methoxy groups -OCH3 is 1. The average molecular weight is 474 g/mol. The number of para-hydroxylation sites is 1. The first-order valence-electron chi connectivity index (χ1n) is 11.1. The molecule has 1 aliphatic rings. The summed E-state index contributed by atoms with van der Waals surface area (Å²) in [6, 6.07) is 5.21. The van der Waals surface area contributed by atoms with Gasteiger partial charge in [-0.2, -0.15) is 0 Å². The summed E-state index contributed by atoms with van der Waals surface area (Å²) in [6.07, 6.45) is 0.331. The van der Waals surface area contributed by atoms with E-state index in [9.17, 15) is 24.3 Å². The number of nitrogens with zero attached hydrogens (tertiary/aromatic N) is 2. The fraction of sp³-hybridized carbons (Fsp3) is 0.500. The number of ether oxygens (including phenoxy) is 2. The van der Waals surface area contributed by atoms with Gasteiger partial charge in [0.2, 0.25) is 11.8 Å². The van der Waals surface area contributed by atoms with Gasteiger partial charge in [-0.05, 0) is 32.4 Å². The Balaban J connectivity index is 1.89. The third kappa shape index (κ3) is 5.56. The molecule has 1 saturated heterocycles. The van der Waals surface area contributed by atoms with Crippen LogP contribution in [0.2, 0.25) is 0 Å². The highest BCUT2D eigenvalue weighted by atomic mass is 16.6. The molecule has 2 N–H and O–H groups in total. The monoisotopic (exact) mass is 473 g/mol. The van der Waals surface area contributed by atoms with Crippen molar-refractivity contribution in [1.82, 2.24) is 14.8 Å². The average Bonchev–Trinajstić information content (AvgIpc) is 3.33. The van der Waals surface area contributed by atoms with Gasteiger partial charge in [-0.3, -0.25) is 14.2 Å². The smallest absolute Gasteiger partial charge is 0.419 e. The Morgan fingerprint density at radius 3 is 2.50 bits per heavy atom. The Hall–Kier alpha value is -3.40. The lowest BCUT2D eigenvalue weighted by Crippen LogP contribution is -2.51. The van der Waals surface area contributed by atoms with Gasteiger partial charge < -0.3 is 24.8 Å². The Kier molecular flexibility index (Phi) is 7.30. The van der Waals surface area contributed by atoms with Crippen LogP contribution in [-0.2, 0) is 30.3 Å². The molecule has 3 rings (SSSR count). The predicted octanol–water partition coefficient (Wildman–Crippen LogP) is 1.61. The second-order valence-electron chi connectivity index (χ2n) is 9.39. The van der Waals surface area contributed by atoms with E-state index in [0.29, 0.717) is 11.1 Å². The predicted molar refractivity (Wildman–Crippen MR) is 123 cm³/mol. The number of benzene rings is 1. The van der Waals surface area contributed by atoms with Crippen molar-refractivity contribution in [3.63, 3.8) is 0 Å². The number of hydrogen-bond acceptors (Lipinski definition) is 7. The van der Waals surface area contributed by atoms with Crippen molar-refractivity contribution in [3.05, 3.63) is 36.0 Å². The summed E-state index contributed by atoms with van der Waals surface area (Å²) in [5, 5.41) is 13.3. The minimum absolute atomic E-state index is 0.0457. The van der Waals surface area contributed by atoms with Crippen LogP contribution < -0.4 is 5.32 Å². The summed E-state index contributed by atoms with van der Waals surface area (Å²) in [6.45, 7) is 6.68. The number of carbonyl (C=O) groups excluding carboxylic acids is 4. The SMILES string of the molecule is COC(=O)[C@@H](Cc1cn(C(=O)OC(C)(C)C)c2ccccc12)NC(=O)[C@@H]1C[C@@H](O)CN1C(C)=O. The summed E-state index contributed by atoms with van der Waals surface area (Å²) < 4.78 is 11.8. The number of likely N-dealkylation sites (tertiary alicyclic amines) is 1. The van der Waals surface area contributed by atoms with E-state index < -0.39 is 41.8 Å². The molecule has 0 radical (unpaired) electrons. The van der Waals surface area contributed by atoms with Crippen LogP contribution in [0, 0.1) is 0 Å². The van der Waals surface area contributed by atoms with Crippen molar-refractivity contribution >= 4 is 34.8 Å². The molecule has 10 heteroatoms. The molecule has 0 unspecified atom stereocenters. The highest BCUT2D eigenvalue weighted by Crippen LogP contribution is 2.25. The summed E-state index contributed by atoms with van der Waals surface area (Å²) in [4.78, 5) is 51.4. The van der Waals surface area contributed by atoms with Gasteiger partial charge in [0.1, 0.15) is 17.7 Å². The number of amides is 2. The van der Waals surface area contributed by atoms with Crippen molar-refractivity contribution in [2.75, 3.05) is 13.7 Å². The molecule has 2 aromatic rings. The molecule has 10 nitrogen and oxygen atoms in total. The van der Waals surface area contributed by atoms with E-state index in [0.717, 1.165) is 5.39 Å². The number of β-amino-alcohol motifs (C(OH)–C–C–N with tert-alkyl or cyclic N) is 1. The summed E-state index contributed by atoms with van der Waals surface area (Å²) >= 11 is 0. The normalized spacial score (nSPS) is 19.1. The van der Waals surface area contributed by atoms with Crippen molar-refractivity contribution in [2.45, 2.75) is 64.3 Å². The highest BCUT2D eigenvalue weighted by molar-refractivity contribution is 5.94. The van der Waals surface area contributed by atoms with E-state index in [4.69, 9.17) is 9.47 Å². The van der Waals surface area contributed by atoms with Crippen LogP contribution in [0.4, 0.5) is 4.79 Å². The van der Waals surface area contributed by atoms with Crippen molar-refractivity contribution in [1.29, 1.82) is 0 Å². The van der Waals surface area contributed by atoms with Crippen LogP contribution in [0.25, 0.3) is 10.9 Å². The van der Waals surface area contributed by atoms with E-state index in [1.165, 1.54) is 23.5 Å². The molecule has 184 valence electrons. The molecule has 0 bridgehead atoms. The molecule has 1 aliphatic heterocycles. The number of rotatable bonds is 5. The molecule has 1 aromatic heterocycles. The number of aliphatic hydroxyl groups is 1. The Morgan fingerprint density at radius 1 is 1.21 bits per heavy atom. The van der Waals surface area contributed by atoms with Crippen molar-refractivity contribution in [2.24, 2.45) is 0 Å². The Labute approximate surface area is 197 Å². The van der Waals surface area contributed by atoms with Gasteiger partial charge >= 0.3 is 12.1 Å². The van der Waals surface area contributed by atoms with Gasteiger partial charge in [0.05, 0.1) is 18.7 Å². The van der Waals surface area contributed by atoms with Crippen molar-refractivity contribution in [3.8, 4) is 0 Å². The Morgan fingerprint density at radius 2 is 1.88 bits per heavy atom. The van der Waals surface area contributed by atoms with Crippen LogP contribution in [0.5, 0.6) is 0 Å². The van der Waals surface area contributed by atoms with Gasteiger partial charge in [0.15, 0.2) is 0 Å². The van der Waals surface area contributed by atoms with Gasteiger partial charge in [0, 0.05) is 37.9 Å². The van der Waals surface area contributed by atoms with Gasteiger partial charge in [-0.25, -0.2) is 9.59 Å². The number of carbonyl (C=O) groups is 4. The number of aliphatic hydroxyl groups excluding tert-OH is 1. The van der Waals surface area contributed by atoms with Crippen LogP contribution in [0.15, 0.2) is 30.5 Å².